The van der Waals surface area contributed by atoms with Gasteiger partial charge in [0.15, 0.2) is 5.11 Å². The number of benzene rings is 2. The number of hydrogen-bond acceptors (Lipinski definition) is 3. The molecular formula is C17H18FN3OS2. The molecule has 2 aromatic rings. The Morgan fingerprint density at radius 1 is 1.12 bits per heavy atom. The van der Waals surface area contributed by atoms with E-state index in [9.17, 15) is 9.18 Å². The Morgan fingerprint density at radius 3 is 2.54 bits per heavy atom. The van der Waals surface area contributed by atoms with Crippen molar-refractivity contribution in [2.75, 3.05) is 11.1 Å². The summed E-state index contributed by atoms with van der Waals surface area (Å²) in [6.45, 7) is 4.03. The van der Waals surface area contributed by atoms with Crippen molar-refractivity contribution in [2.45, 2.75) is 18.7 Å². The van der Waals surface area contributed by atoms with Crippen LogP contribution in [0.3, 0.4) is 0 Å². The third kappa shape index (κ3) is 5.82. The molecule has 7 heteroatoms. The number of carbonyl (C=O) groups excluding carboxylic acids is 1. The molecule has 2 aromatic carbocycles. The smallest absolute Gasteiger partial charge is 0.248 e. The van der Waals surface area contributed by atoms with Gasteiger partial charge in [0.2, 0.25) is 5.91 Å². The molecule has 0 bridgehead atoms. The highest BCUT2D eigenvalue weighted by molar-refractivity contribution is 8.00. The van der Waals surface area contributed by atoms with Gasteiger partial charge in [-0.05, 0) is 62.0 Å². The minimum absolute atomic E-state index is 0.191. The summed E-state index contributed by atoms with van der Waals surface area (Å²) < 4.78 is 12.8. The van der Waals surface area contributed by atoms with Gasteiger partial charge >= 0.3 is 0 Å². The second-order valence-corrected chi connectivity index (χ2v) is 6.62. The van der Waals surface area contributed by atoms with Gasteiger partial charge in [-0.2, -0.15) is 0 Å². The lowest BCUT2D eigenvalue weighted by molar-refractivity contribution is -0.119. The van der Waals surface area contributed by atoms with Crippen LogP contribution in [0.15, 0.2) is 47.4 Å². The standard InChI is InChI=1S/C17H18FN3OS2/c1-11-3-4-12(2)15(9-11)24-10-16(22)20-21-17(23)19-14-7-5-13(18)6-8-14/h3-9H,10H2,1-2H3,(H,20,22)(H2,19,21,23). The summed E-state index contributed by atoms with van der Waals surface area (Å²) in [5, 5.41) is 3.08. The summed E-state index contributed by atoms with van der Waals surface area (Å²) in [6.07, 6.45) is 0. The Kier molecular flexibility index (Phi) is 6.57. The van der Waals surface area contributed by atoms with Gasteiger partial charge in [0, 0.05) is 10.6 Å². The van der Waals surface area contributed by atoms with E-state index < -0.39 is 0 Å². The molecule has 0 aliphatic rings. The molecule has 0 radical (unpaired) electrons. The van der Waals surface area contributed by atoms with E-state index in [4.69, 9.17) is 12.2 Å². The van der Waals surface area contributed by atoms with Crippen molar-refractivity contribution in [1.82, 2.24) is 10.9 Å². The summed E-state index contributed by atoms with van der Waals surface area (Å²) in [6, 6.07) is 11.9. The maximum absolute atomic E-state index is 12.8. The molecule has 24 heavy (non-hydrogen) atoms. The molecule has 4 nitrogen and oxygen atoms in total. The lowest BCUT2D eigenvalue weighted by Crippen LogP contribution is -2.44. The number of aryl methyl sites for hydroxylation is 2. The second-order valence-electron chi connectivity index (χ2n) is 5.19. The Morgan fingerprint density at radius 2 is 1.83 bits per heavy atom. The van der Waals surface area contributed by atoms with Crippen molar-refractivity contribution in [3.63, 3.8) is 0 Å². The number of thiocarbonyl (C=S) groups is 1. The van der Waals surface area contributed by atoms with Crippen LogP contribution in [-0.4, -0.2) is 16.8 Å². The Hall–Kier alpha value is -2.12. The van der Waals surface area contributed by atoms with Gasteiger partial charge in [-0.1, -0.05) is 17.7 Å². The zero-order chi connectivity index (χ0) is 17.5. The van der Waals surface area contributed by atoms with E-state index in [0.717, 1.165) is 16.0 Å². The Labute approximate surface area is 150 Å². The van der Waals surface area contributed by atoms with E-state index in [1.165, 1.54) is 23.9 Å². The quantitative estimate of drug-likeness (QED) is 0.441. The topological polar surface area (TPSA) is 53.2 Å². The predicted octanol–water partition coefficient (Wildman–Crippen LogP) is 3.55. The third-order valence-corrected chi connectivity index (χ3v) is 4.48. The molecule has 1 amide bonds. The molecule has 0 atom stereocenters. The number of carbonyl (C=O) groups is 1. The van der Waals surface area contributed by atoms with Crippen molar-refractivity contribution in [3.8, 4) is 0 Å². The van der Waals surface area contributed by atoms with Crippen molar-refractivity contribution in [2.24, 2.45) is 0 Å². The molecule has 0 fully saturated rings. The fourth-order valence-corrected chi connectivity index (χ4v) is 2.96. The van der Waals surface area contributed by atoms with Crippen LogP contribution in [0.2, 0.25) is 0 Å². The van der Waals surface area contributed by atoms with Crippen LogP contribution in [0, 0.1) is 19.7 Å². The van der Waals surface area contributed by atoms with E-state index >= 15 is 0 Å². The monoisotopic (exact) mass is 363 g/mol. The van der Waals surface area contributed by atoms with E-state index in [0.29, 0.717) is 5.69 Å². The van der Waals surface area contributed by atoms with Gasteiger partial charge in [0.05, 0.1) is 5.75 Å². The van der Waals surface area contributed by atoms with Crippen LogP contribution < -0.4 is 16.2 Å². The largest absolute Gasteiger partial charge is 0.331 e. The van der Waals surface area contributed by atoms with E-state index in [-0.39, 0.29) is 22.6 Å². The fourth-order valence-electron chi connectivity index (χ4n) is 1.86. The number of thioether (sulfide) groups is 1. The van der Waals surface area contributed by atoms with Crippen LogP contribution >= 0.6 is 24.0 Å². The lowest BCUT2D eigenvalue weighted by atomic mass is 10.2. The molecule has 3 N–H and O–H groups in total. The molecule has 0 heterocycles. The average Bonchev–Trinajstić information content (AvgIpc) is 2.56. The van der Waals surface area contributed by atoms with Crippen LogP contribution in [0.4, 0.5) is 10.1 Å². The number of hydrogen-bond donors (Lipinski definition) is 3. The zero-order valence-electron chi connectivity index (χ0n) is 13.4. The zero-order valence-corrected chi connectivity index (χ0v) is 15.0. The number of nitrogens with one attached hydrogen (secondary N) is 3. The number of halogens is 1. The predicted molar refractivity (Wildman–Crippen MR) is 101 cm³/mol. The minimum Gasteiger partial charge on any atom is -0.331 e. The number of rotatable bonds is 4. The Balaban J connectivity index is 1.75. The van der Waals surface area contributed by atoms with E-state index in [2.05, 4.69) is 22.2 Å². The normalized spacial score (nSPS) is 10.1. The molecule has 126 valence electrons. The molecule has 0 aliphatic heterocycles. The third-order valence-electron chi connectivity index (χ3n) is 3.12. The minimum atomic E-state index is -0.323. The van der Waals surface area contributed by atoms with E-state index in [1.54, 1.807) is 12.1 Å². The second kappa shape index (κ2) is 8.65. The number of hydrazine groups is 1. The SMILES string of the molecule is Cc1ccc(C)c(SCC(=O)NNC(=S)Nc2ccc(F)cc2)c1. The first kappa shape index (κ1) is 18.2. The molecular weight excluding hydrogens is 345 g/mol. The summed E-state index contributed by atoms with van der Waals surface area (Å²) in [5.41, 5.74) is 8.08. The first-order valence-corrected chi connectivity index (χ1v) is 8.65. The summed E-state index contributed by atoms with van der Waals surface area (Å²) in [5.74, 6) is -0.239. The van der Waals surface area contributed by atoms with Crippen molar-refractivity contribution in [1.29, 1.82) is 0 Å². The maximum Gasteiger partial charge on any atom is 0.248 e. The summed E-state index contributed by atoms with van der Waals surface area (Å²) in [4.78, 5) is 13.0. The first-order chi connectivity index (χ1) is 11.4. The molecule has 0 saturated heterocycles. The maximum atomic E-state index is 12.8. The van der Waals surface area contributed by atoms with Gasteiger partial charge in [0.25, 0.3) is 0 Å². The molecule has 0 aliphatic carbocycles. The van der Waals surface area contributed by atoms with Gasteiger partial charge in [0.1, 0.15) is 5.82 Å². The van der Waals surface area contributed by atoms with E-state index in [1.807, 2.05) is 26.0 Å². The van der Waals surface area contributed by atoms with Crippen molar-refractivity contribution in [3.05, 3.63) is 59.4 Å². The molecule has 0 aromatic heterocycles. The Bertz CT molecular complexity index is 735. The van der Waals surface area contributed by atoms with Gasteiger partial charge in [-0.15, -0.1) is 11.8 Å². The molecule has 0 spiro atoms. The molecule has 0 unspecified atom stereocenters. The lowest BCUT2D eigenvalue weighted by Gasteiger charge is -2.12. The van der Waals surface area contributed by atoms with Gasteiger partial charge < -0.3 is 5.32 Å². The highest BCUT2D eigenvalue weighted by atomic mass is 32.2. The van der Waals surface area contributed by atoms with Crippen LogP contribution in [0.1, 0.15) is 11.1 Å². The molecule has 0 saturated carbocycles. The van der Waals surface area contributed by atoms with Crippen LogP contribution in [0.5, 0.6) is 0 Å². The molecule has 2 rings (SSSR count). The summed E-state index contributed by atoms with van der Waals surface area (Å²) >= 11 is 6.53. The first-order valence-electron chi connectivity index (χ1n) is 7.25. The summed E-state index contributed by atoms with van der Waals surface area (Å²) in [7, 11) is 0. The average molecular weight is 363 g/mol. The van der Waals surface area contributed by atoms with Crippen LogP contribution in [-0.2, 0) is 4.79 Å². The number of anilines is 1. The highest BCUT2D eigenvalue weighted by Crippen LogP contribution is 2.23. The van der Waals surface area contributed by atoms with Crippen LogP contribution in [0.25, 0.3) is 0 Å². The van der Waals surface area contributed by atoms with Crippen molar-refractivity contribution >= 4 is 40.7 Å². The fraction of sp³-hybridized carbons (Fsp3) is 0.176. The van der Waals surface area contributed by atoms with Gasteiger partial charge in [-0.25, -0.2) is 4.39 Å². The highest BCUT2D eigenvalue weighted by Gasteiger charge is 2.06. The number of amides is 1. The van der Waals surface area contributed by atoms with Gasteiger partial charge in [-0.3, -0.25) is 15.6 Å². The van der Waals surface area contributed by atoms with Crippen molar-refractivity contribution < 1.29 is 9.18 Å².